The summed E-state index contributed by atoms with van der Waals surface area (Å²) in [5, 5.41) is 15.0. The van der Waals surface area contributed by atoms with Crippen molar-refractivity contribution in [1.82, 2.24) is 20.1 Å². The molecule has 0 fully saturated rings. The molecule has 2 N–H and O–H groups in total. The first kappa shape index (κ1) is 25.0. The summed E-state index contributed by atoms with van der Waals surface area (Å²) < 4.78 is 2.98. The molecule has 172 valence electrons. The van der Waals surface area contributed by atoms with Crippen molar-refractivity contribution >= 4 is 51.9 Å². The van der Waals surface area contributed by atoms with Crippen LogP contribution < -0.4 is 10.6 Å². The molecule has 3 aromatic rings. The second-order valence-electron chi connectivity index (χ2n) is 7.60. The van der Waals surface area contributed by atoms with E-state index in [-0.39, 0.29) is 23.6 Å². The number of halogens is 1. The van der Waals surface area contributed by atoms with Gasteiger partial charge < -0.3 is 15.2 Å². The van der Waals surface area contributed by atoms with Crippen LogP contribution in [0.3, 0.4) is 0 Å². The number of rotatable bonds is 9. The number of amides is 2. The Bertz CT molecular complexity index is 1180. The summed E-state index contributed by atoms with van der Waals surface area (Å²) in [6.07, 6.45) is 1.74. The van der Waals surface area contributed by atoms with Gasteiger partial charge in [0.25, 0.3) is 5.91 Å². The van der Waals surface area contributed by atoms with Crippen molar-refractivity contribution in [2.75, 3.05) is 11.1 Å². The number of hydrogen-bond acceptors (Lipinski definition) is 5. The summed E-state index contributed by atoms with van der Waals surface area (Å²) in [7, 11) is 0. The maximum atomic E-state index is 12.6. The Kier molecular flexibility index (Phi) is 8.67. The van der Waals surface area contributed by atoms with E-state index in [1.165, 1.54) is 11.8 Å². The van der Waals surface area contributed by atoms with Crippen LogP contribution in [0.4, 0.5) is 5.69 Å². The number of nitrogens with zero attached hydrogens (tertiary/aromatic N) is 3. The van der Waals surface area contributed by atoms with Crippen molar-refractivity contribution in [3.05, 3.63) is 81.2 Å². The van der Waals surface area contributed by atoms with E-state index < -0.39 is 0 Å². The van der Waals surface area contributed by atoms with Crippen LogP contribution in [-0.2, 0) is 11.3 Å². The fourth-order valence-electron chi connectivity index (χ4n) is 3.24. The zero-order chi connectivity index (χ0) is 24.0. The highest BCUT2D eigenvalue weighted by Crippen LogP contribution is 2.22. The SMILES string of the molecule is C=CCn1c(SCC(=O)Nc2ccc(I)cc2C)nnc1[C@H](C)NC(=O)c1cccc(C)c1. The molecule has 0 unspecified atom stereocenters. The van der Waals surface area contributed by atoms with E-state index in [0.29, 0.717) is 23.1 Å². The van der Waals surface area contributed by atoms with Gasteiger partial charge in [0, 0.05) is 21.4 Å². The lowest BCUT2D eigenvalue weighted by molar-refractivity contribution is -0.113. The molecular formula is C24H26IN5O2S. The number of aromatic nitrogens is 3. The average Bonchev–Trinajstić information content (AvgIpc) is 3.17. The van der Waals surface area contributed by atoms with Gasteiger partial charge >= 0.3 is 0 Å². The fourth-order valence-corrected chi connectivity index (χ4v) is 4.64. The summed E-state index contributed by atoms with van der Waals surface area (Å²) in [6.45, 7) is 10.0. The molecule has 1 aromatic heterocycles. The maximum Gasteiger partial charge on any atom is 0.251 e. The lowest BCUT2D eigenvalue weighted by atomic mass is 10.1. The van der Waals surface area contributed by atoms with E-state index in [1.807, 2.05) is 61.7 Å². The zero-order valence-electron chi connectivity index (χ0n) is 18.8. The summed E-state index contributed by atoms with van der Waals surface area (Å²) >= 11 is 3.54. The quantitative estimate of drug-likeness (QED) is 0.215. The minimum Gasteiger partial charge on any atom is -0.342 e. The molecule has 0 spiro atoms. The maximum absolute atomic E-state index is 12.6. The van der Waals surface area contributed by atoms with Crippen molar-refractivity contribution in [3.63, 3.8) is 0 Å². The normalized spacial score (nSPS) is 11.6. The van der Waals surface area contributed by atoms with Crippen molar-refractivity contribution < 1.29 is 9.59 Å². The second kappa shape index (κ2) is 11.5. The van der Waals surface area contributed by atoms with Crippen LogP contribution in [0.25, 0.3) is 0 Å². The van der Waals surface area contributed by atoms with Gasteiger partial charge in [0.1, 0.15) is 0 Å². The van der Waals surface area contributed by atoms with Gasteiger partial charge in [-0.1, -0.05) is 35.5 Å². The molecule has 33 heavy (non-hydrogen) atoms. The second-order valence-corrected chi connectivity index (χ2v) is 9.79. The highest BCUT2D eigenvalue weighted by molar-refractivity contribution is 14.1. The Morgan fingerprint density at radius 3 is 2.70 bits per heavy atom. The Morgan fingerprint density at radius 2 is 2.00 bits per heavy atom. The molecule has 1 atom stereocenters. The number of hydrogen-bond donors (Lipinski definition) is 2. The molecule has 1 heterocycles. The molecule has 0 aliphatic heterocycles. The number of carbonyl (C=O) groups is 2. The Labute approximate surface area is 211 Å². The Morgan fingerprint density at radius 1 is 1.21 bits per heavy atom. The monoisotopic (exact) mass is 575 g/mol. The van der Waals surface area contributed by atoms with E-state index in [9.17, 15) is 9.59 Å². The van der Waals surface area contributed by atoms with Gasteiger partial charge in [-0.3, -0.25) is 9.59 Å². The predicted molar refractivity (Wildman–Crippen MR) is 141 cm³/mol. The number of nitrogens with one attached hydrogen (secondary N) is 2. The number of allylic oxidation sites excluding steroid dienone is 1. The Balaban J connectivity index is 1.67. The molecule has 9 heteroatoms. The van der Waals surface area contributed by atoms with E-state index in [4.69, 9.17) is 0 Å². The third-order valence-electron chi connectivity index (χ3n) is 4.87. The third kappa shape index (κ3) is 6.67. The predicted octanol–water partition coefficient (Wildman–Crippen LogP) is 4.91. The van der Waals surface area contributed by atoms with E-state index in [1.54, 1.807) is 12.1 Å². The summed E-state index contributed by atoms with van der Waals surface area (Å²) in [4.78, 5) is 25.1. The van der Waals surface area contributed by atoms with Crippen molar-refractivity contribution in [2.45, 2.75) is 38.5 Å². The standard InChI is InChI=1S/C24H26IN5O2S/c1-5-11-30-22(17(4)26-23(32)18-8-6-7-15(2)12-18)28-29-24(30)33-14-21(31)27-20-10-9-19(25)13-16(20)3/h5-10,12-13,17H,1,11,14H2,2-4H3,(H,26,32)(H,27,31)/t17-/m0/s1. The van der Waals surface area contributed by atoms with Gasteiger partial charge in [-0.25, -0.2) is 0 Å². The molecule has 0 bridgehead atoms. The molecule has 0 aliphatic carbocycles. The molecule has 3 rings (SSSR count). The number of benzene rings is 2. The van der Waals surface area contributed by atoms with E-state index >= 15 is 0 Å². The smallest absolute Gasteiger partial charge is 0.251 e. The van der Waals surface area contributed by atoms with Gasteiger partial charge in [0.05, 0.1) is 11.8 Å². The molecule has 0 saturated heterocycles. The number of thioether (sulfide) groups is 1. The molecule has 2 aromatic carbocycles. The average molecular weight is 575 g/mol. The van der Waals surface area contributed by atoms with Crippen LogP contribution in [-0.4, -0.2) is 32.3 Å². The first-order valence-electron chi connectivity index (χ1n) is 10.4. The third-order valence-corrected chi connectivity index (χ3v) is 6.50. The van der Waals surface area contributed by atoms with Crippen LogP contribution in [0.2, 0.25) is 0 Å². The Hall–Kier alpha value is -2.66. The lowest BCUT2D eigenvalue weighted by Crippen LogP contribution is -2.29. The van der Waals surface area contributed by atoms with Crippen LogP contribution in [0.5, 0.6) is 0 Å². The number of aryl methyl sites for hydroxylation is 2. The van der Waals surface area contributed by atoms with Crippen LogP contribution in [0.1, 0.15) is 40.3 Å². The van der Waals surface area contributed by atoms with Gasteiger partial charge in [0.2, 0.25) is 5.91 Å². The van der Waals surface area contributed by atoms with Crippen LogP contribution >= 0.6 is 34.4 Å². The highest BCUT2D eigenvalue weighted by atomic mass is 127. The van der Waals surface area contributed by atoms with Gasteiger partial charge in [-0.2, -0.15) is 0 Å². The minimum absolute atomic E-state index is 0.125. The summed E-state index contributed by atoms with van der Waals surface area (Å²) in [5.41, 5.74) is 3.41. The highest BCUT2D eigenvalue weighted by Gasteiger charge is 2.20. The zero-order valence-corrected chi connectivity index (χ0v) is 21.7. The first-order chi connectivity index (χ1) is 15.8. The molecular weight excluding hydrogens is 549 g/mol. The van der Waals surface area contributed by atoms with Crippen LogP contribution in [0.15, 0.2) is 60.3 Å². The topological polar surface area (TPSA) is 88.9 Å². The largest absolute Gasteiger partial charge is 0.342 e. The molecule has 7 nitrogen and oxygen atoms in total. The minimum atomic E-state index is -0.372. The molecule has 0 aliphatic rings. The van der Waals surface area contributed by atoms with Gasteiger partial charge in [0.15, 0.2) is 11.0 Å². The van der Waals surface area contributed by atoms with E-state index in [2.05, 4.69) is 50.0 Å². The number of anilines is 1. The van der Waals surface area contributed by atoms with Gasteiger partial charge in [-0.15, -0.1) is 16.8 Å². The van der Waals surface area contributed by atoms with E-state index in [0.717, 1.165) is 20.4 Å². The number of carbonyl (C=O) groups excluding carboxylic acids is 2. The summed E-state index contributed by atoms with van der Waals surface area (Å²) in [6, 6.07) is 12.9. The molecule has 2 amide bonds. The van der Waals surface area contributed by atoms with Crippen molar-refractivity contribution in [2.24, 2.45) is 0 Å². The molecule has 0 radical (unpaired) electrons. The molecule has 0 saturated carbocycles. The fraction of sp³-hybridized carbons (Fsp3) is 0.250. The summed E-state index contributed by atoms with van der Waals surface area (Å²) in [5.74, 6) is 0.484. The first-order valence-corrected chi connectivity index (χ1v) is 12.4. The van der Waals surface area contributed by atoms with Gasteiger partial charge in [-0.05, 0) is 79.3 Å². The van der Waals surface area contributed by atoms with Crippen molar-refractivity contribution in [3.8, 4) is 0 Å². The van der Waals surface area contributed by atoms with Crippen LogP contribution in [0, 0.1) is 17.4 Å². The lowest BCUT2D eigenvalue weighted by Gasteiger charge is -2.15. The van der Waals surface area contributed by atoms with Crippen molar-refractivity contribution in [1.29, 1.82) is 0 Å².